The lowest BCUT2D eigenvalue weighted by Crippen LogP contribution is -1.80. The van der Waals surface area contributed by atoms with Crippen LogP contribution < -0.4 is 0 Å². The van der Waals surface area contributed by atoms with E-state index in [1.54, 1.807) is 6.07 Å². The molecule has 62 valence electrons. The molecule has 0 radical (unpaired) electrons. The van der Waals surface area contributed by atoms with Gasteiger partial charge in [0.15, 0.2) is 0 Å². The Morgan fingerprint density at radius 3 is 2.62 bits per heavy atom. The number of nitrogens with zero attached hydrogens (tertiary/aromatic N) is 1. The predicted molar refractivity (Wildman–Crippen MR) is 55.9 cm³/mol. The van der Waals surface area contributed by atoms with Crippen LogP contribution in [0, 0.1) is 11.3 Å². The van der Waals surface area contributed by atoms with Crippen molar-refractivity contribution in [2.24, 2.45) is 0 Å². The molecule has 0 unspecified atom stereocenters. The lowest BCUT2D eigenvalue weighted by molar-refractivity contribution is 1.42. The lowest BCUT2D eigenvalue weighted by atomic mass is 10.1. The average Bonchev–Trinajstić information content (AvgIpc) is 2.19. The molecule has 0 aliphatic heterocycles. The summed E-state index contributed by atoms with van der Waals surface area (Å²) in [5.41, 5.74) is 0.627. The fourth-order valence-corrected chi connectivity index (χ4v) is 1.67. The number of thiol groups is 1. The summed E-state index contributed by atoms with van der Waals surface area (Å²) in [6.45, 7) is 0. The van der Waals surface area contributed by atoms with Crippen molar-refractivity contribution >= 4 is 23.4 Å². The van der Waals surface area contributed by atoms with Gasteiger partial charge in [0.1, 0.15) is 6.07 Å². The number of fused-ring (bicyclic) bond motifs is 1. The molecule has 1 nitrogen and oxygen atoms in total. The van der Waals surface area contributed by atoms with Crippen molar-refractivity contribution in [2.75, 3.05) is 0 Å². The van der Waals surface area contributed by atoms with Crippen LogP contribution in [0.4, 0.5) is 0 Å². The summed E-state index contributed by atoms with van der Waals surface area (Å²) >= 11 is 4.32. The van der Waals surface area contributed by atoms with Crippen LogP contribution in [0.1, 0.15) is 5.56 Å². The van der Waals surface area contributed by atoms with Crippen LogP contribution in [0.2, 0.25) is 0 Å². The number of hydrogen-bond donors (Lipinski definition) is 1. The maximum atomic E-state index is 8.78. The van der Waals surface area contributed by atoms with Gasteiger partial charge in [-0.3, -0.25) is 0 Å². The highest BCUT2D eigenvalue weighted by molar-refractivity contribution is 7.80. The highest BCUT2D eigenvalue weighted by Crippen LogP contribution is 2.24. The van der Waals surface area contributed by atoms with E-state index in [0.717, 1.165) is 15.7 Å². The molecule has 0 N–H and O–H groups in total. The molecule has 0 bridgehead atoms. The van der Waals surface area contributed by atoms with E-state index in [-0.39, 0.29) is 0 Å². The molecule has 2 heteroatoms. The van der Waals surface area contributed by atoms with E-state index < -0.39 is 0 Å². The van der Waals surface area contributed by atoms with E-state index >= 15 is 0 Å². The van der Waals surface area contributed by atoms with Crippen molar-refractivity contribution in [3.8, 4) is 6.07 Å². The number of nitriles is 1. The number of benzene rings is 2. The molecule has 2 aromatic carbocycles. The van der Waals surface area contributed by atoms with Gasteiger partial charge in [-0.25, -0.2) is 0 Å². The third-order valence-corrected chi connectivity index (χ3v) is 2.50. The minimum Gasteiger partial charge on any atom is -0.192 e. The molecular weight excluding hydrogens is 178 g/mol. The van der Waals surface area contributed by atoms with Gasteiger partial charge in [0.05, 0.1) is 5.56 Å². The Morgan fingerprint density at radius 2 is 1.85 bits per heavy atom. The van der Waals surface area contributed by atoms with Gasteiger partial charge in [0.2, 0.25) is 0 Å². The summed E-state index contributed by atoms with van der Waals surface area (Å²) < 4.78 is 0. The van der Waals surface area contributed by atoms with Gasteiger partial charge < -0.3 is 0 Å². The molecule has 0 saturated carbocycles. The summed E-state index contributed by atoms with van der Waals surface area (Å²) in [6.07, 6.45) is 0. The Hall–Kier alpha value is -1.46. The molecule has 0 fully saturated rings. The van der Waals surface area contributed by atoms with Crippen LogP contribution in [0.15, 0.2) is 41.3 Å². The summed E-state index contributed by atoms with van der Waals surface area (Å²) in [6, 6.07) is 13.7. The van der Waals surface area contributed by atoms with Crippen LogP contribution in [0.5, 0.6) is 0 Å². The zero-order chi connectivity index (χ0) is 9.26. The van der Waals surface area contributed by atoms with Crippen molar-refractivity contribution in [3.63, 3.8) is 0 Å². The van der Waals surface area contributed by atoms with E-state index in [1.165, 1.54) is 0 Å². The largest absolute Gasteiger partial charge is 0.192 e. The third-order valence-electron chi connectivity index (χ3n) is 2.02. The normalized spacial score (nSPS) is 9.85. The fraction of sp³-hybridized carbons (Fsp3) is 0. The predicted octanol–water partition coefficient (Wildman–Crippen LogP) is 3.00. The second kappa shape index (κ2) is 3.12. The lowest BCUT2D eigenvalue weighted by Gasteiger charge is -2.01. The van der Waals surface area contributed by atoms with Gasteiger partial charge in [-0.1, -0.05) is 30.3 Å². The first-order valence-electron chi connectivity index (χ1n) is 3.94. The molecular formula is C11H7NS. The smallest absolute Gasteiger partial charge is 0.100 e. The monoisotopic (exact) mass is 185 g/mol. The average molecular weight is 185 g/mol. The van der Waals surface area contributed by atoms with Gasteiger partial charge in [-0.05, 0) is 16.8 Å². The number of hydrogen-bond acceptors (Lipinski definition) is 2. The van der Waals surface area contributed by atoms with Crippen molar-refractivity contribution < 1.29 is 0 Å². The van der Waals surface area contributed by atoms with Gasteiger partial charge in [0, 0.05) is 4.90 Å². The van der Waals surface area contributed by atoms with Crippen molar-refractivity contribution in [1.82, 2.24) is 0 Å². The molecule has 0 atom stereocenters. The quantitative estimate of drug-likeness (QED) is 0.627. The van der Waals surface area contributed by atoms with Gasteiger partial charge >= 0.3 is 0 Å². The third kappa shape index (κ3) is 1.28. The van der Waals surface area contributed by atoms with Gasteiger partial charge in [0.25, 0.3) is 0 Å². The number of rotatable bonds is 0. The van der Waals surface area contributed by atoms with Gasteiger partial charge in [-0.15, -0.1) is 12.6 Å². The SMILES string of the molecule is N#Cc1ccc2ccccc2c1S. The molecule has 0 saturated heterocycles. The molecule has 13 heavy (non-hydrogen) atoms. The topological polar surface area (TPSA) is 23.8 Å². The molecule has 2 aromatic rings. The molecule has 0 aliphatic rings. The van der Waals surface area contributed by atoms with Crippen LogP contribution in [0.25, 0.3) is 10.8 Å². The van der Waals surface area contributed by atoms with E-state index in [1.807, 2.05) is 30.3 Å². The maximum Gasteiger partial charge on any atom is 0.100 e. The standard InChI is InChI=1S/C11H7NS/c12-7-9-6-5-8-3-1-2-4-10(8)11(9)13/h1-6,13H. The molecule has 0 amide bonds. The summed E-state index contributed by atoms with van der Waals surface area (Å²) in [4.78, 5) is 0.764. The Labute approximate surface area is 82.0 Å². The summed E-state index contributed by atoms with van der Waals surface area (Å²) in [5.74, 6) is 0. The first-order valence-corrected chi connectivity index (χ1v) is 4.38. The first-order chi connectivity index (χ1) is 6.33. The van der Waals surface area contributed by atoms with E-state index in [9.17, 15) is 0 Å². The molecule has 0 aromatic heterocycles. The summed E-state index contributed by atoms with van der Waals surface area (Å²) in [5, 5.41) is 10.9. The van der Waals surface area contributed by atoms with Crippen molar-refractivity contribution in [3.05, 3.63) is 42.0 Å². The Bertz CT molecular complexity index is 497. The fourth-order valence-electron chi connectivity index (χ4n) is 1.35. The Kier molecular flexibility index (Phi) is 1.96. The van der Waals surface area contributed by atoms with Crippen LogP contribution in [-0.2, 0) is 0 Å². The zero-order valence-corrected chi connectivity index (χ0v) is 7.75. The minimum absolute atomic E-state index is 0.627. The first kappa shape index (κ1) is 8.15. The van der Waals surface area contributed by atoms with E-state index in [0.29, 0.717) is 5.56 Å². The second-order valence-electron chi connectivity index (χ2n) is 2.79. The molecule has 0 spiro atoms. The highest BCUT2D eigenvalue weighted by atomic mass is 32.1. The Balaban J connectivity index is 2.89. The van der Waals surface area contributed by atoms with Crippen molar-refractivity contribution in [1.29, 1.82) is 5.26 Å². The molecule has 0 aliphatic carbocycles. The molecule has 0 heterocycles. The van der Waals surface area contributed by atoms with Gasteiger partial charge in [-0.2, -0.15) is 5.26 Å². The van der Waals surface area contributed by atoms with Crippen molar-refractivity contribution in [2.45, 2.75) is 4.90 Å². The summed E-state index contributed by atoms with van der Waals surface area (Å²) in [7, 11) is 0. The zero-order valence-electron chi connectivity index (χ0n) is 6.86. The highest BCUT2D eigenvalue weighted by Gasteiger charge is 2.01. The maximum absolute atomic E-state index is 8.78. The van der Waals surface area contributed by atoms with E-state index in [2.05, 4.69) is 18.7 Å². The Morgan fingerprint density at radius 1 is 1.08 bits per heavy atom. The van der Waals surface area contributed by atoms with Crippen LogP contribution in [0.3, 0.4) is 0 Å². The second-order valence-corrected chi connectivity index (χ2v) is 3.24. The minimum atomic E-state index is 0.627. The van der Waals surface area contributed by atoms with E-state index in [4.69, 9.17) is 5.26 Å². The van der Waals surface area contributed by atoms with Crippen LogP contribution >= 0.6 is 12.6 Å². The molecule has 2 rings (SSSR count). The van der Waals surface area contributed by atoms with Crippen LogP contribution in [-0.4, -0.2) is 0 Å².